The summed E-state index contributed by atoms with van der Waals surface area (Å²) in [6.45, 7) is 4.27. The molecule has 6 nitrogen and oxygen atoms in total. The predicted molar refractivity (Wildman–Crippen MR) is 87.5 cm³/mol. The number of benzene rings is 1. The molecule has 124 valence electrons. The molecule has 24 heavy (non-hydrogen) atoms. The molecule has 0 spiro atoms. The molecule has 0 aliphatic carbocycles. The van der Waals surface area contributed by atoms with E-state index in [-0.39, 0.29) is 11.8 Å². The fraction of sp³-hybridized carbons (Fsp3) is 0.389. The zero-order valence-corrected chi connectivity index (χ0v) is 13.6. The van der Waals surface area contributed by atoms with Crippen molar-refractivity contribution in [1.29, 1.82) is 0 Å². The molecule has 1 amide bonds. The summed E-state index contributed by atoms with van der Waals surface area (Å²) in [5, 5.41) is 0. The molecule has 0 saturated carbocycles. The number of hydrogen-bond acceptors (Lipinski definition) is 5. The molecule has 0 bridgehead atoms. The molecule has 0 unspecified atom stereocenters. The third-order valence-electron chi connectivity index (χ3n) is 4.45. The van der Waals surface area contributed by atoms with Crippen LogP contribution in [0.5, 0.6) is 11.5 Å². The third-order valence-corrected chi connectivity index (χ3v) is 4.45. The molecular weight excluding hydrogens is 306 g/mol. The van der Waals surface area contributed by atoms with Crippen molar-refractivity contribution < 1.29 is 14.3 Å². The molecule has 3 heterocycles. The summed E-state index contributed by atoms with van der Waals surface area (Å²) >= 11 is 0. The van der Waals surface area contributed by atoms with Crippen molar-refractivity contribution in [3.05, 3.63) is 47.5 Å². The smallest absolute Gasteiger partial charge is 0.257 e. The minimum Gasteiger partial charge on any atom is -0.486 e. The highest BCUT2D eigenvalue weighted by atomic mass is 16.6. The SMILES string of the molecule is Cc1ccnc([C@H]2CCN(C(=O)c3cccc4c3OCCO4)C2)n1. The molecule has 1 fully saturated rings. The van der Waals surface area contributed by atoms with E-state index in [4.69, 9.17) is 9.47 Å². The average molecular weight is 325 g/mol. The number of rotatable bonds is 2. The van der Waals surface area contributed by atoms with Crippen LogP contribution in [0.1, 0.15) is 34.2 Å². The Labute approximate surface area is 140 Å². The Kier molecular flexibility index (Phi) is 3.80. The predicted octanol–water partition coefficient (Wildman–Crippen LogP) is 2.19. The maximum absolute atomic E-state index is 12.9. The van der Waals surface area contributed by atoms with E-state index in [0.29, 0.717) is 43.4 Å². The average Bonchev–Trinajstić information content (AvgIpc) is 3.11. The number of fused-ring (bicyclic) bond motifs is 1. The molecule has 1 saturated heterocycles. The van der Waals surface area contributed by atoms with E-state index < -0.39 is 0 Å². The van der Waals surface area contributed by atoms with Gasteiger partial charge in [0.05, 0.1) is 5.56 Å². The van der Waals surface area contributed by atoms with Gasteiger partial charge < -0.3 is 14.4 Å². The molecule has 2 aliphatic heterocycles. The Morgan fingerprint density at radius 3 is 3.00 bits per heavy atom. The number of hydrogen-bond donors (Lipinski definition) is 0. The van der Waals surface area contributed by atoms with Crippen LogP contribution in [0.3, 0.4) is 0 Å². The van der Waals surface area contributed by atoms with Crippen LogP contribution in [0.2, 0.25) is 0 Å². The van der Waals surface area contributed by atoms with E-state index in [1.165, 1.54) is 0 Å². The summed E-state index contributed by atoms with van der Waals surface area (Å²) in [6, 6.07) is 7.35. The Hall–Kier alpha value is -2.63. The molecule has 0 radical (unpaired) electrons. The number of carbonyl (C=O) groups is 1. The highest BCUT2D eigenvalue weighted by Gasteiger charge is 2.32. The van der Waals surface area contributed by atoms with Crippen molar-refractivity contribution in [2.45, 2.75) is 19.3 Å². The van der Waals surface area contributed by atoms with Crippen LogP contribution >= 0.6 is 0 Å². The van der Waals surface area contributed by atoms with E-state index in [1.54, 1.807) is 12.3 Å². The van der Waals surface area contributed by atoms with Gasteiger partial charge in [0.15, 0.2) is 11.5 Å². The van der Waals surface area contributed by atoms with Gasteiger partial charge >= 0.3 is 0 Å². The van der Waals surface area contributed by atoms with Gasteiger partial charge in [-0.15, -0.1) is 0 Å². The molecular formula is C18H19N3O3. The number of para-hydroxylation sites is 1. The summed E-state index contributed by atoms with van der Waals surface area (Å²) in [6.07, 6.45) is 2.66. The molecule has 4 rings (SSSR count). The standard InChI is InChI=1S/C18H19N3O3/c1-12-5-7-19-17(20-12)13-6-8-21(11-13)18(22)14-3-2-4-15-16(14)24-10-9-23-15/h2-5,7,13H,6,8-11H2,1H3/t13-/m0/s1. The van der Waals surface area contributed by atoms with Gasteiger partial charge in [-0.2, -0.15) is 0 Å². The Morgan fingerprint density at radius 1 is 1.25 bits per heavy atom. The van der Waals surface area contributed by atoms with Crippen LogP contribution in [0, 0.1) is 6.92 Å². The highest BCUT2D eigenvalue weighted by Crippen LogP contribution is 2.35. The Balaban J connectivity index is 1.54. The van der Waals surface area contributed by atoms with Crippen molar-refractivity contribution in [3.63, 3.8) is 0 Å². The number of amides is 1. The maximum atomic E-state index is 12.9. The molecule has 1 aromatic heterocycles. The van der Waals surface area contributed by atoms with Crippen LogP contribution in [0.4, 0.5) is 0 Å². The first-order valence-corrected chi connectivity index (χ1v) is 8.20. The van der Waals surface area contributed by atoms with Gasteiger partial charge in [0, 0.05) is 30.9 Å². The Bertz CT molecular complexity index is 778. The lowest BCUT2D eigenvalue weighted by molar-refractivity contribution is 0.0780. The largest absolute Gasteiger partial charge is 0.486 e. The van der Waals surface area contributed by atoms with Crippen LogP contribution in [0.15, 0.2) is 30.5 Å². The number of aromatic nitrogens is 2. The van der Waals surface area contributed by atoms with Gasteiger partial charge in [0.1, 0.15) is 19.0 Å². The molecule has 1 atom stereocenters. The van der Waals surface area contributed by atoms with Crippen molar-refractivity contribution in [2.24, 2.45) is 0 Å². The summed E-state index contributed by atoms with van der Waals surface area (Å²) in [5.41, 5.74) is 1.52. The van der Waals surface area contributed by atoms with Crippen LogP contribution in [0.25, 0.3) is 0 Å². The van der Waals surface area contributed by atoms with E-state index in [0.717, 1.165) is 17.9 Å². The molecule has 0 N–H and O–H groups in total. The van der Waals surface area contributed by atoms with Crippen molar-refractivity contribution >= 4 is 5.91 Å². The molecule has 1 aromatic carbocycles. The lowest BCUT2D eigenvalue weighted by Gasteiger charge is -2.23. The maximum Gasteiger partial charge on any atom is 0.257 e. The first kappa shape index (κ1) is 14.9. The summed E-state index contributed by atoms with van der Waals surface area (Å²) < 4.78 is 11.2. The highest BCUT2D eigenvalue weighted by molar-refractivity contribution is 5.98. The van der Waals surface area contributed by atoms with Gasteiger partial charge in [0.2, 0.25) is 0 Å². The van der Waals surface area contributed by atoms with Gasteiger partial charge in [-0.05, 0) is 31.5 Å². The van der Waals surface area contributed by atoms with Crippen LogP contribution < -0.4 is 9.47 Å². The second-order valence-corrected chi connectivity index (χ2v) is 6.12. The normalized spacial score (nSPS) is 19.4. The van der Waals surface area contributed by atoms with Gasteiger partial charge in [-0.3, -0.25) is 4.79 Å². The van der Waals surface area contributed by atoms with Crippen LogP contribution in [-0.2, 0) is 0 Å². The van der Waals surface area contributed by atoms with E-state index >= 15 is 0 Å². The monoisotopic (exact) mass is 325 g/mol. The van der Waals surface area contributed by atoms with E-state index in [1.807, 2.05) is 30.0 Å². The van der Waals surface area contributed by atoms with Crippen LogP contribution in [-0.4, -0.2) is 47.1 Å². The number of carbonyl (C=O) groups excluding carboxylic acids is 1. The lowest BCUT2D eigenvalue weighted by atomic mass is 10.1. The quantitative estimate of drug-likeness (QED) is 0.847. The minimum absolute atomic E-state index is 0.0208. The first-order valence-electron chi connectivity index (χ1n) is 8.20. The summed E-state index contributed by atoms with van der Waals surface area (Å²) in [7, 11) is 0. The number of ether oxygens (including phenoxy) is 2. The number of nitrogens with zero attached hydrogens (tertiary/aromatic N) is 3. The number of aryl methyl sites for hydroxylation is 1. The fourth-order valence-corrected chi connectivity index (χ4v) is 3.23. The number of likely N-dealkylation sites (tertiary alicyclic amines) is 1. The molecule has 2 aliphatic rings. The van der Waals surface area contributed by atoms with Gasteiger partial charge in [0.25, 0.3) is 5.91 Å². The van der Waals surface area contributed by atoms with E-state index in [9.17, 15) is 4.79 Å². The van der Waals surface area contributed by atoms with Gasteiger partial charge in [-0.25, -0.2) is 9.97 Å². The Morgan fingerprint density at radius 2 is 2.12 bits per heavy atom. The molecule has 6 heteroatoms. The second kappa shape index (κ2) is 6.11. The lowest BCUT2D eigenvalue weighted by Crippen LogP contribution is -2.30. The topological polar surface area (TPSA) is 64.6 Å². The first-order chi connectivity index (χ1) is 11.7. The zero-order chi connectivity index (χ0) is 16.5. The summed E-state index contributed by atoms with van der Waals surface area (Å²) in [5.74, 6) is 2.19. The van der Waals surface area contributed by atoms with Crippen molar-refractivity contribution in [2.75, 3.05) is 26.3 Å². The summed E-state index contributed by atoms with van der Waals surface area (Å²) in [4.78, 5) is 23.6. The second-order valence-electron chi connectivity index (χ2n) is 6.12. The third kappa shape index (κ3) is 2.68. The van der Waals surface area contributed by atoms with Crippen molar-refractivity contribution in [3.8, 4) is 11.5 Å². The van der Waals surface area contributed by atoms with Crippen molar-refractivity contribution in [1.82, 2.24) is 14.9 Å². The van der Waals surface area contributed by atoms with Gasteiger partial charge in [-0.1, -0.05) is 6.07 Å². The van der Waals surface area contributed by atoms with E-state index in [2.05, 4.69) is 9.97 Å². The zero-order valence-electron chi connectivity index (χ0n) is 13.6. The minimum atomic E-state index is -0.0208. The molecule has 2 aromatic rings. The fourth-order valence-electron chi connectivity index (χ4n) is 3.23.